The number of para-hydroxylation sites is 1. The van der Waals surface area contributed by atoms with Crippen molar-refractivity contribution in [2.45, 2.75) is 6.92 Å². The smallest absolute Gasteiger partial charge is 0.243 e. The minimum atomic E-state index is -0.185. The molecule has 0 atom stereocenters. The Morgan fingerprint density at radius 1 is 1.09 bits per heavy atom. The van der Waals surface area contributed by atoms with Gasteiger partial charge in [-0.2, -0.15) is 0 Å². The zero-order valence-corrected chi connectivity index (χ0v) is 15.2. The lowest BCUT2D eigenvalue weighted by Crippen LogP contribution is -2.22. The highest BCUT2D eigenvalue weighted by molar-refractivity contribution is 14.1. The zero-order chi connectivity index (χ0) is 16.8. The number of halogens is 2. The first-order valence-corrected chi connectivity index (χ1v) is 8.27. The molecule has 2 aromatic rings. The number of carbonyl (C=O) groups excluding carboxylic acids is 2. The maximum atomic E-state index is 12.0. The van der Waals surface area contributed by atoms with Crippen molar-refractivity contribution < 1.29 is 9.59 Å². The van der Waals surface area contributed by atoms with E-state index in [1.807, 2.05) is 24.3 Å². The topological polar surface area (TPSA) is 70.2 Å². The van der Waals surface area contributed by atoms with Crippen LogP contribution < -0.4 is 16.0 Å². The standard InChI is InChI=1S/C16H15ClIN3O2/c1-10(22)20-11-6-7-12(17)15(8-11)19-9-16(23)21-14-5-3-2-4-13(14)18/h2-8,19H,9H2,1H3,(H,20,22)(H,21,23). The van der Waals surface area contributed by atoms with Crippen LogP contribution >= 0.6 is 34.2 Å². The van der Waals surface area contributed by atoms with Crippen molar-refractivity contribution in [3.05, 3.63) is 51.1 Å². The van der Waals surface area contributed by atoms with E-state index in [0.29, 0.717) is 16.4 Å². The van der Waals surface area contributed by atoms with Gasteiger partial charge in [-0.15, -0.1) is 0 Å². The molecule has 0 radical (unpaired) electrons. The maximum Gasteiger partial charge on any atom is 0.243 e. The van der Waals surface area contributed by atoms with Crippen molar-refractivity contribution in [3.63, 3.8) is 0 Å². The summed E-state index contributed by atoms with van der Waals surface area (Å²) >= 11 is 8.25. The molecule has 3 N–H and O–H groups in total. The molecule has 120 valence electrons. The second-order valence-electron chi connectivity index (χ2n) is 4.76. The van der Waals surface area contributed by atoms with Gasteiger partial charge in [0, 0.05) is 16.2 Å². The first-order valence-electron chi connectivity index (χ1n) is 6.81. The molecule has 0 heterocycles. The van der Waals surface area contributed by atoms with Gasteiger partial charge in [-0.05, 0) is 52.9 Å². The molecule has 23 heavy (non-hydrogen) atoms. The molecule has 0 fully saturated rings. The summed E-state index contributed by atoms with van der Waals surface area (Å²) in [7, 11) is 0. The highest BCUT2D eigenvalue weighted by Gasteiger charge is 2.07. The maximum absolute atomic E-state index is 12.0. The van der Waals surface area contributed by atoms with E-state index in [1.165, 1.54) is 6.92 Å². The largest absolute Gasteiger partial charge is 0.375 e. The van der Waals surface area contributed by atoms with Gasteiger partial charge in [0.2, 0.25) is 11.8 Å². The molecule has 0 aliphatic rings. The van der Waals surface area contributed by atoms with Crippen molar-refractivity contribution in [1.82, 2.24) is 0 Å². The lowest BCUT2D eigenvalue weighted by atomic mass is 10.2. The van der Waals surface area contributed by atoms with E-state index >= 15 is 0 Å². The zero-order valence-electron chi connectivity index (χ0n) is 12.3. The predicted octanol–water partition coefficient (Wildman–Crippen LogP) is 3.95. The van der Waals surface area contributed by atoms with Crippen LogP contribution in [0.5, 0.6) is 0 Å². The van der Waals surface area contributed by atoms with Crippen LogP contribution in [0.3, 0.4) is 0 Å². The first kappa shape index (κ1) is 17.6. The van der Waals surface area contributed by atoms with Gasteiger partial charge in [0.1, 0.15) is 0 Å². The van der Waals surface area contributed by atoms with Crippen molar-refractivity contribution >= 4 is 63.1 Å². The van der Waals surface area contributed by atoms with Crippen molar-refractivity contribution in [2.24, 2.45) is 0 Å². The van der Waals surface area contributed by atoms with E-state index in [0.717, 1.165) is 9.26 Å². The summed E-state index contributed by atoms with van der Waals surface area (Å²) in [6.45, 7) is 1.49. The normalized spacial score (nSPS) is 10.0. The molecule has 2 aromatic carbocycles. The average Bonchev–Trinajstić information content (AvgIpc) is 2.49. The summed E-state index contributed by atoms with van der Waals surface area (Å²) in [5.41, 5.74) is 1.95. The Bertz CT molecular complexity index is 737. The van der Waals surface area contributed by atoms with Gasteiger partial charge in [0.15, 0.2) is 0 Å². The molecule has 7 heteroatoms. The molecule has 0 spiro atoms. The quantitative estimate of drug-likeness (QED) is 0.613. The molecule has 2 rings (SSSR count). The molecule has 2 amide bonds. The second-order valence-corrected chi connectivity index (χ2v) is 6.33. The Balaban J connectivity index is 1.98. The van der Waals surface area contributed by atoms with E-state index in [-0.39, 0.29) is 18.4 Å². The van der Waals surface area contributed by atoms with Gasteiger partial charge in [-0.25, -0.2) is 0 Å². The van der Waals surface area contributed by atoms with Crippen molar-refractivity contribution in [2.75, 3.05) is 22.5 Å². The number of anilines is 3. The molecule has 5 nitrogen and oxygen atoms in total. The number of amides is 2. The summed E-state index contributed by atoms with van der Waals surface area (Å²) in [5, 5.41) is 8.93. The summed E-state index contributed by atoms with van der Waals surface area (Å²) in [6, 6.07) is 12.6. The minimum Gasteiger partial charge on any atom is -0.375 e. The van der Waals surface area contributed by atoms with Crippen LogP contribution in [0, 0.1) is 3.57 Å². The Hall–Kier alpha value is -1.80. The lowest BCUT2D eigenvalue weighted by Gasteiger charge is -2.11. The van der Waals surface area contributed by atoms with Crippen LogP contribution in [0.4, 0.5) is 17.1 Å². The fraction of sp³-hybridized carbons (Fsp3) is 0.125. The van der Waals surface area contributed by atoms with Gasteiger partial charge in [0.05, 0.1) is 22.9 Å². The van der Waals surface area contributed by atoms with Crippen molar-refractivity contribution in [1.29, 1.82) is 0 Å². The Kier molecular flexibility index (Phi) is 6.23. The van der Waals surface area contributed by atoms with Gasteiger partial charge >= 0.3 is 0 Å². The molecule has 0 saturated carbocycles. The Labute approximate surface area is 152 Å². The number of nitrogens with one attached hydrogen (secondary N) is 3. The van der Waals surface area contributed by atoms with Crippen LogP contribution in [0.1, 0.15) is 6.92 Å². The third kappa shape index (κ3) is 5.40. The lowest BCUT2D eigenvalue weighted by molar-refractivity contribution is -0.115. The minimum absolute atomic E-state index is 0.0637. The van der Waals surface area contributed by atoms with Gasteiger partial charge in [0.25, 0.3) is 0 Å². The van der Waals surface area contributed by atoms with E-state index in [1.54, 1.807) is 18.2 Å². The third-order valence-electron chi connectivity index (χ3n) is 2.87. The number of carbonyl (C=O) groups is 2. The molecule has 0 saturated heterocycles. The van der Waals surface area contributed by atoms with Gasteiger partial charge < -0.3 is 16.0 Å². The van der Waals surface area contributed by atoms with E-state index in [2.05, 4.69) is 38.5 Å². The second kappa shape index (κ2) is 8.16. The summed E-state index contributed by atoms with van der Waals surface area (Å²) in [4.78, 5) is 23.1. The van der Waals surface area contributed by atoms with Crippen LogP contribution in [-0.4, -0.2) is 18.4 Å². The summed E-state index contributed by atoms with van der Waals surface area (Å²) in [5.74, 6) is -0.357. The average molecular weight is 444 g/mol. The highest BCUT2D eigenvalue weighted by Crippen LogP contribution is 2.25. The Morgan fingerprint density at radius 2 is 1.83 bits per heavy atom. The Morgan fingerprint density at radius 3 is 2.52 bits per heavy atom. The molecule has 0 aliphatic heterocycles. The first-order chi connectivity index (χ1) is 11.0. The number of benzene rings is 2. The number of hydrogen-bond acceptors (Lipinski definition) is 3. The highest BCUT2D eigenvalue weighted by atomic mass is 127. The van der Waals surface area contributed by atoms with Crippen molar-refractivity contribution in [3.8, 4) is 0 Å². The van der Waals surface area contributed by atoms with Gasteiger partial charge in [-0.1, -0.05) is 23.7 Å². The fourth-order valence-electron chi connectivity index (χ4n) is 1.87. The van der Waals surface area contributed by atoms with E-state index in [9.17, 15) is 9.59 Å². The van der Waals surface area contributed by atoms with Crippen LogP contribution in [0.15, 0.2) is 42.5 Å². The third-order valence-corrected chi connectivity index (χ3v) is 4.14. The van der Waals surface area contributed by atoms with Crippen LogP contribution in [-0.2, 0) is 9.59 Å². The summed E-state index contributed by atoms with van der Waals surface area (Å²) in [6.07, 6.45) is 0. The monoisotopic (exact) mass is 443 g/mol. The molecule has 0 unspecified atom stereocenters. The molecular weight excluding hydrogens is 429 g/mol. The summed E-state index contributed by atoms with van der Waals surface area (Å²) < 4.78 is 0.962. The van der Waals surface area contributed by atoms with E-state index in [4.69, 9.17) is 11.6 Å². The van der Waals surface area contributed by atoms with Gasteiger partial charge in [-0.3, -0.25) is 9.59 Å². The predicted molar refractivity (Wildman–Crippen MR) is 102 cm³/mol. The molecule has 0 aliphatic carbocycles. The van der Waals surface area contributed by atoms with Crippen LogP contribution in [0.2, 0.25) is 5.02 Å². The van der Waals surface area contributed by atoms with E-state index < -0.39 is 0 Å². The number of rotatable bonds is 5. The molecular formula is C16H15ClIN3O2. The number of hydrogen-bond donors (Lipinski definition) is 3. The molecule has 0 bridgehead atoms. The SMILES string of the molecule is CC(=O)Nc1ccc(Cl)c(NCC(=O)Nc2ccccc2I)c1. The van der Waals surface area contributed by atoms with Crippen LogP contribution in [0.25, 0.3) is 0 Å². The molecule has 0 aromatic heterocycles. The fourth-order valence-corrected chi connectivity index (χ4v) is 2.58.